The zero-order valence-electron chi connectivity index (χ0n) is 13.7. The number of thioether (sulfide) groups is 2. The summed E-state index contributed by atoms with van der Waals surface area (Å²) in [6.45, 7) is 0.0132. The molecule has 0 bridgehead atoms. The van der Waals surface area contributed by atoms with Crippen LogP contribution < -0.4 is 5.32 Å². The maximum absolute atomic E-state index is 12.4. The smallest absolute Gasteiger partial charge is 0.293 e. The molecule has 3 rings (SSSR count). The Bertz CT molecular complexity index is 771. The summed E-state index contributed by atoms with van der Waals surface area (Å²) in [7, 11) is 0. The van der Waals surface area contributed by atoms with Crippen LogP contribution in [-0.4, -0.2) is 57.3 Å². The average molecular weight is 413 g/mol. The van der Waals surface area contributed by atoms with Crippen molar-refractivity contribution in [2.24, 2.45) is 0 Å². The Morgan fingerprint density at radius 1 is 1.38 bits per heavy atom. The van der Waals surface area contributed by atoms with Gasteiger partial charge in [0, 0.05) is 29.5 Å². The van der Waals surface area contributed by atoms with E-state index in [1.807, 2.05) is 0 Å². The Kier molecular flexibility index (Phi) is 6.29. The lowest BCUT2D eigenvalue weighted by Crippen LogP contribution is -2.43. The molecule has 0 aromatic heterocycles. The van der Waals surface area contributed by atoms with Crippen LogP contribution >= 0.6 is 35.1 Å². The molecule has 1 aromatic rings. The molecule has 6 nitrogen and oxygen atoms in total. The van der Waals surface area contributed by atoms with E-state index in [0.29, 0.717) is 21.4 Å². The number of carbonyl (C=O) groups is 3. The number of nitrogens with one attached hydrogen (secondary N) is 1. The van der Waals surface area contributed by atoms with Crippen molar-refractivity contribution in [2.75, 3.05) is 18.1 Å². The van der Waals surface area contributed by atoms with Gasteiger partial charge in [-0.05, 0) is 35.5 Å². The summed E-state index contributed by atoms with van der Waals surface area (Å²) in [5.41, 5.74) is 0.730. The van der Waals surface area contributed by atoms with Crippen molar-refractivity contribution in [3.05, 3.63) is 39.8 Å². The molecular formula is C17H17ClN2O4S2. The SMILES string of the molecule is O=C(CCN1C(=O)S/C(=C\c2cccc(Cl)c2)C1=O)N[C@@H]1CSC[C@@H]1O. The highest BCUT2D eigenvalue weighted by atomic mass is 35.5. The Hall–Kier alpha value is -1.48. The van der Waals surface area contributed by atoms with Crippen LogP contribution in [0.5, 0.6) is 0 Å². The topological polar surface area (TPSA) is 86.7 Å². The second kappa shape index (κ2) is 8.47. The van der Waals surface area contributed by atoms with Crippen LogP contribution in [0.3, 0.4) is 0 Å². The molecule has 2 aliphatic rings. The van der Waals surface area contributed by atoms with Crippen molar-refractivity contribution in [1.82, 2.24) is 10.2 Å². The lowest BCUT2D eigenvalue weighted by Gasteiger charge is -2.17. The first-order valence-corrected chi connectivity index (χ1v) is 10.3. The van der Waals surface area contributed by atoms with Crippen LogP contribution in [0.15, 0.2) is 29.2 Å². The first-order valence-electron chi connectivity index (χ1n) is 8.00. The van der Waals surface area contributed by atoms with E-state index in [4.69, 9.17) is 11.6 Å². The van der Waals surface area contributed by atoms with Crippen molar-refractivity contribution in [3.8, 4) is 0 Å². The molecule has 2 atom stereocenters. The molecular weight excluding hydrogens is 396 g/mol. The van der Waals surface area contributed by atoms with E-state index in [1.165, 1.54) is 0 Å². The van der Waals surface area contributed by atoms with Gasteiger partial charge in [-0.3, -0.25) is 19.3 Å². The Morgan fingerprint density at radius 2 is 2.19 bits per heavy atom. The van der Waals surface area contributed by atoms with Gasteiger partial charge in [-0.15, -0.1) is 0 Å². The molecule has 2 saturated heterocycles. The molecule has 0 unspecified atom stereocenters. The molecule has 0 radical (unpaired) electrons. The highest BCUT2D eigenvalue weighted by Gasteiger charge is 2.35. The maximum atomic E-state index is 12.4. The lowest BCUT2D eigenvalue weighted by molar-refractivity contribution is -0.124. The molecule has 9 heteroatoms. The van der Waals surface area contributed by atoms with Gasteiger partial charge < -0.3 is 10.4 Å². The van der Waals surface area contributed by atoms with Crippen LogP contribution in [0.1, 0.15) is 12.0 Å². The number of imide groups is 1. The maximum Gasteiger partial charge on any atom is 0.293 e. The van der Waals surface area contributed by atoms with Crippen molar-refractivity contribution >= 4 is 58.3 Å². The quantitative estimate of drug-likeness (QED) is 0.722. The fraction of sp³-hybridized carbons (Fsp3) is 0.353. The van der Waals surface area contributed by atoms with Crippen molar-refractivity contribution < 1.29 is 19.5 Å². The van der Waals surface area contributed by atoms with Gasteiger partial charge >= 0.3 is 0 Å². The molecule has 138 valence electrons. The molecule has 0 aliphatic carbocycles. The first kappa shape index (κ1) is 19.3. The zero-order chi connectivity index (χ0) is 18.7. The summed E-state index contributed by atoms with van der Waals surface area (Å²) in [6.07, 6.45) is 1.07. The van der Waals surface area contributed by atoms with Crippen LogP contribution in [0.25, 0.3) is 6.08 Å². The van der Waals surface area contributed by atoms with Crippen LogP contribution in [-0.2, 0) is 9.59 Å². The van der Waals surface area contributed by atoms with Crippen molar-refractivity contribution in [2.45, 2.75) is 18.6 Å². The summed E-state index contributed by atoms with van der Waals surface area (Å²) in [4.78, 5) is 37.9. The summed E-state index contributed by atoms with van der Waals surface area (Å²) in [6, 6.07) is 6.71. The van der Waals surface area contributed by atoms with Crippen LogP contribution in [0.2, 0.25) is 5.02 Å². The van der Waals surface area contributed by atoms with Crippen LogP contribution in [0.4, 0.5) is 4.79 Å². The van der Waals surface area contributed by atoms with Gasteiger partial charge in [-0.2, -0.15) is 11.8 Å². The van der Waals surface area contributed by atoms with Crippen LogP contribution in [0, 0.1) is 0 Å². The van der Waals surface area contributed by atoms with E-state index < -0.39 is 17.3 Å². The van der Waals surface area contributed by atoms with Gasteiger partial charge in [0.2, 0.25) is 5.91 Å². The molecule has 26 heavy (non-hydrogen) atoms. The minimum absolute atomic E-state index is 0.0103. The molecule has 3 amide bonds. The predicted octanol–water partition coefficient (Wildman–Crippen LogP) is 2.36. The summed E-state index contributed by atoms with van der Waals surface area (Å²) >= 11 is 8.35. The average Bonchev–Trinajstić information content (AvgIpc) is 3.10. The van der Waals surface area contributed by atoms with Gasteiger partial charge in [0.1, 0.15) is 0 Å². The fourth-order valence-electron chi connectivity index (χ4n) is 2.61. The number of nitrogens with zero attached hydrogens (tertiary/aromatic N) is 1. The van der Waals surface area contributed by atoms with E-state index in [0.717, 1.165) is 22.2 Å². The Morgan fingerprint density at radius 3 is 2.88 bits per heavy atom. The fourth-order valence-corrected chi connectivity index (χ4v) is 4.85. The number of aliphatic hydroxyl groups is 1. The highest BCUT2D eigenvalue weighted by Crippen LogP contribution is 2.32. The molecule has 1 aromatic carbocycles. The number of halogens is 1. The summed E-state index contributed by atoms with van der Waals surface area (Å²) < 4.78 is 0. The Labute approximate surface area is 164 Å². The van der Waals surface area contributed by atoms with Gasteiger partial charge in [0.15, 0.2) is 0 Å². The first-order chi connectivity index (χ1) is 12.4. The van der Waals surface area contributed by atoms with E-state index in [-0.39, 0.29) is 24.9 Å². The number of aliphatic hydroxyl groups excluding tert-OH is 1. The molecule has 2 fully saturated rings. The third kappa shape index (κ3) is 4.62. The summed E-state index contributed by atoms with van der Waals surface area (Å²) in [5.74, 6) is 0.567. The third-order valence-electron chi connectivity index (χ3n) is 3.98. The van der Waals surface area contributed by atoms with E-state index in [2.05, 4.69) is 5.32 Å². The largest absolute Gasteiger partial charge is 0.390 e. The molecule has 0 saturated carbocycles. The molecule has 0 spiro atoms. The van der Waals surface area contributed by atoms with Gasteiger partial charge in [-0.25, -0.2) is 0 Å². The lowest BCUT2D eigenvalue weighted by atomic mass is 10.2. The predicted molar refractivity (Wildman–Crippen MR) is 104 cm³/mol. The minimum atomic E-state index is -0.554. The number of amides is 3. The molecule has 2 aliphatic heterocycles. The number of benzene rings is 1. The van der Waals surface area contributed by atoms with Crippen molar-refractivity contribution in [3.63, 3.8) is 0 Å². The Balaban J connectivity index is 1.58. The van der Waals surface area contributed by atoms with E-state index in [1.54, 1.807) is 42.1 Å². The third-order valence-corrected chi connectivity index (χ3v) is 6.29. The second-order valence-corrected chi connectivity index (χ2v) is 8.42. The van der Waals surface area contributed by atoms with Gasteiger partial charge in [-0.1, -0.05) is 23.7 Å². The van der Waals surface area contributed by atoms with Crippen molar-refractivity contribution in [1.29, 1.82) is 0 Å². The monoisotopic (exact) mass is 412 g/mol. The van der Waals surface area contributed by atoms with Gasteiger partial charge in [0.05, 0.1) is 17.1 Å². The number of carbonyl (C=O) groups excluding carboxylic acids is 3. The highest BCUT2D eigenvalue weighted by molar-refractivity contribution is 8.18. The summed E-state index contributed by atoms with van der Waals surface area (Å²) in [5, 5.41) is 12.6. The second-order valence-electron chi connectivity index (χ2n) is 5.92. The van der Waals surface area contributed by atoms with E-state index in [9.17, 15) is 19.5 Å². The number of hydrogen-bond acceptors (Lipinski definition) is 6. The number of rotatable bonds is 5. The normalized spacial score (nSPS) is 24.5. The van der Waals surface area contributed by atoms with Gasteiger partial charge in [0.25, 0.3) is 11.1 Å². The molecule has 2 heterocycles. The molecule has 2 N–H and O–H groups in total. The standard InChI is InChI=1S/C17H17ClN2O4S2/c18-11-3-1-2-10(6-11)7-14-16(23)20(17(24)26-14)5-4-15(22)19-12-8-25-9-13(12)21/h1-3,6-7,12-13,21H,4-5,8-9H2,(H,19,22)/b14-7-/t12-,13+/m1/s1. The van der Waals surface area contributed by atoms with E-state index >= 15 is 0 Å². The number of hydrogen-bond donors (Lipinski definition) is 2. The zero-order valence-corrected chi connectivity index (χ0v) is 16.1. The minimum Gasteiger partial charge on any atom is -0.390 e.